The minimum absolute atomic E-state index is 0.0331. The molecule has 11 nitrogen and oxygen atoms in total. The van der Waals surface area contributed by atoms with Crippen molar-refractivity contribution >= 4 is 48.9 Å². The molecule has 0 aromatic heterocycles. The van der Waals surface area contributed by atoms with Crippen LogP contribution in [-0.4, -0.2) is 108 Å². The molecule has 2 saturated carbocycles. The molecular formula is C49H59F3N6O5S3. The summed E-state index contributed by atoms with van der Waals surface area (Å²) in [6.45, 7) is 6.72. The third-order valence-corrected chi connectivity index (χ3v) is 18.5. The van der Waals surface area contributed by atoms with Crippen LogP contribution in [-0.2, 0) is 19.9 Å². The van der Waals surface area contributed by atoms with Gasteiger partial charge < -0.3 is 20.4 Å². The second kappa shape index (κ2) is 19.5. The third-order valence-electron chi connectivity index (χ3n) is 14.4. The van der Waals surface area contributed by atoms with Gasteiger partial charge in [-0.2, -0.15) is 13.2 Å². The summed E-state index contributed by atoms with van der Waals surface area (Å²) >= 11 is 1.47. The fraction of sp³-hybridized carbons (Fsp3) is 0.490. The lowest BCUT2D eigenvalue weighted by Crippen LogP contribution is -2.54. The van der Waals surface area contributed by atoms with Gasteiger partial charge in [-0.1, -0.05) is 42.5 Å². The van der Waals surface area contributed by atoms with Crippen LogP contribution in [0.5, 0.6) is 0 Å². The van der Waals surface area contributed by atoms with Crippen molar-refractivity contribution in [2.45, 2.75) is 102 Å². The zero-order valence-corrected chi connectivity index (χ0v) is 39.5. The summed E-state index contributed by atoms with van der Waals surface area (Å²) < 4.78 is 97.9. The first-order chi connectivity index (χ1) is 31.7. The van der Waals surface area contributed by atoms with Gasteiger partial charge in [0.15, 0.2) is 0 Å². The number of nitrogens with zero attached hydrogens (tertiary/aromatic N) is 3. The summed E-state index contributed by atoms with van der Waals surface area (Å²) in [6, 6.07) is 28.3. The van der Waals surface area contributed by atoms with E-state index in [1.807, 2.05) is 35.1 Å². The van der Waals surface area contributed by atoms with Crippen molar-refractivity contribution in [3.63, 3.8) is 0 Å². The molecule has 0 unspecified atom stereocenters. The second-order valence-corrected chi connectivity index (χ2v) is 23.5. The van der Waals surface area contributed by atoms with E-state index in [2.05, 4.69) is 49.6 Å². The molecule has 4 aromatic rings. The van der Waals surface area contributed by atoms with Gasteiger partial charge in [-0.3, -0.25) is 9.69 Å². The Balaban J connectivity index is 0.833. The summed E-state index contributed by atoms with van der Waals surface area (Å²) in [5, 5.41) is 6.31. The Morgan fingerprint density at radius 1 is 0.818 bits per heavy atom. The number of rotatable bonds is 16. The van der Waals surface area contributed by atoms with Gasteiger partial charge in [0.2, 0.25) is 0 Å². The Labute approximate surface area is 391 Å². The Hall–Kier alpha value is -4.13. The Bertz CT molecular complexity index is 2560. The van der Waals surface area contributed by atoms with E-state index in [4.69, 9.17) is 0 Å². The van der Waals surface area contributed by atoms with Crippen molar-refractivity contribution in [2.75, 3.05) is 68.3 Å². The maximum absolute atomic E-state index is 14.2. The molecule has 0 bridgehead atoms. The quantitative estimate of drug-likeness (QED) is 0.0936. The lowest BCUT2D eigenvalue weighted by atomic mass is 9.59. The molecule has 354 valence electrons. The van der Waals surface area contributed by atoms with Gasteiger partial charge in [0, 0.05) is 85.8 Å². The average Bonchev–Trinajstić information content (AvgIpc) is 4.05. The zero-order valence-electron chi connectivity index (χ0n) is 37.0. The van der Waals surface area contributed by atoms with E-state index >= 15 is 0 Å². The maximum Gasteiger partial charge on any atom is 0.501 e. The number of anilines is 2. The topological polar surface area (TPSA) is 131 Å². The minimum Gasteiger partial charge on any atom is -0.380 e. The molecule has 0 radical (unpaired) electrons. The van der Waals surface area contributed by atoms with Gasteiger partial charge in [0.25, 0.3) is 25.8 Å². The van der Waals surface area contributed by atoms with Crippen LogP contribution < -0.4 is 20.3 Å². The Morgan fingerprint density at radius 2 is 1.50 bits per heavy atom. The van der Waals surface area contributed by atoms with Gasteiger partial charge in [-0.25, -0.2) is 21.6 Å². The number of carbonyl (C=O) groups is 1. The van der Waals surface area contributed by atoms with Gasteiger partial charge in [0.05, 0.1) is 10.6 Å². The zero-order chi connectivity index (χ0) is 46.1. The summed E-state index contributed by atoms with van der Waals surface area (Å²) in [5.74, 6) is 0.139. The SMILES string of the molecule is O=C(NS(=O)(=O)c1ccc(N[C@H](CCN2CCNCC2)CSc2ccccc2)c(S(=O)(=O)C(F)(F)F)c1)c1ccc(N2CCC3(CC2)CC(N2CCC[C@H]2c2ccccc2C2CC2)C3)cc1. The molecular weight excluding hydrogens is 906 g/mol. The van der Waals surface area contributed by atoms with Crippen molar-refractivity contribution in [1.29, 1.82) is 0 Å². The fourth-order valence-electron chi connectivity index (χ4n) is 10.6. The van der Waals surface area contributed by atoms with E-state index in [-0.39, 0.29) is 11.3 Å². The Morgan fingerprint density at radius 3 is 2.18 bits per heavy atom. The van der Waals surface area contributed by atoms with E-state index in [0.29, 0.717) is 42.3 Å². The number of halogens is 3. The molecule has 3 heterocycles. The Kier molecular flexibility index (Phi) is 13.8. The molecule has 1 spiro atoms. The predicted molar refractivity (Wildman–Crippen MR) is 253 cm³/mol. The van der Waals surface area contributed by atoms with Crippen LogP contribution in [0.3, 0.4) is 0 Å². The standard InChI is InChI=1S/C49H59F3N6O5S3/c50-49(51,52)65(60,61)46-31-41(18-19-44(46)54-37(20-26-56-29-23-53-24-30-56)34-64-40-7-2-1-3-8-40)66(62,63)55-47(59)36-14-16-38(17-15-36)57-27-21-48(22-28-57)32-39(33-48)58-25-6-11-45(58)43-10-5-4-9-42(43)35-12-13-35/h1-5,7-10,14-19,31,35,37,39,45,53-54H,6,11-13,20-30,32-34H2,(H,55,59)/t37-,45+/m1/s1. The normalized spacial score (nSPS) is 21.4. The monoisotopic (exact) mass is 964 g/mol. The van der Waals surface area contributed by atoms with Crippen LogP contribution in [0.4, 0.5) is 24.5 Å². The highest BCUT2D eigenvalue weighted by Crippen LogP contribution is 2.55. The third kappa shape index (κ3) is 10.5. The number of thioether (sulfide) groups is 1. The van der Waals surface area contributed by atoms with E-state index < -0.39 is 47.1 Å². The van der Waals surface area contributed by atoms with Gasteiger partial charge in [-0.15, -0.1) is 11.8 Å². The van der Waals surface area contributed by atoms with Crippen molar-refractivity contribution in [1.82, 2.24) is 19.8 Å². The number of sulfone groups is 1. The molecule has 2 aliphatic carbocycles. The van der Waals surface area contributed by atoms with E-state index in [1.165, 1.54) is 62.4 Å². The maximum atomic E-state index is 14.2. The van der Waals surface area contributed by atoms with Crippen molar-refractivity contribution in [3.05, 3.63) is 114 Å². The molecule has 5 fully saturated rings. The van der Waals surface area contributed by atoms with Gasteiger partial charge >= 0.3 is 5.51 Å². The van der Waals surface area contributed by atoms with Crippen LogP contribution in [0, 0.1) is 5.41 Å². The minimum atomic E-state index is -6.03. The first-order valence-electron chi connectivity index (χ1n) is 23.3. The molecule has 4 aromatic carbocycles. The summed E-state index contributed by atoms with van der Waals surface area (Å²) in [4.78, 5) is 19.6. The molecule has 3 aliphatic heterocycles. The number of amides is 1. The molecule has 9 rings (SSSR count). The molecule has 2 atom stereocenters. The van der Waals surface area contributed by atoms with Crippen molar-refractivity contribution < 1.29 is 34.8 Å². The number of piperidine rings is 1. The second-order valence-electron chi connectivity index (χ2n) is 18.8. The number of nitrogens with one attached hydrogen (secondary N) is 3. The van der Waals surface area contributed by atoms with Crippen molar-refractivity contribution in [2.24, 2.45) is 5.41 Å². The van der Waals surface area contributed by atoms with E-state index in [1.54, 1.807) is 23.3 Å². The molecule has 3 saturated heterocycles. The fourth-order valence-corrected chi connectivity index (χ4v) is 13.6. The van der Waals surface area contributed by atoms with Crippen molar-refractivity contribution in [3.8, 4) is 0 Å². The number of hydrogen-bond acceptors (Lipinski definition) is 11. The smallest absolute Gasteiger partial charge is 0.380 e. The van der Waals surface area contributed by atoms with Crippen LogP contribution in [0.25, 0.3) is 0 Å². The first kappa shape index (κ1) is 47.0. The number of alkyl halides is 3. The summed E-state index contributed by atoms with van der Waals surface area (Å²) in [7, 11) is -10.8. The molecule has 5 aliphatic rings. The number of hydrogen-bond donors (Lipinski definition) is 3. The van der Waals surface area contributed by atoms with Crippen LogP contribution in [0.2, 0.25) is 0 Å². The molecule has 3 N–H and O–H groups in total. The highest BCUT2D eigenvalue weighted by Gasteiger charge is 2.51. The number of benzene rings is 4. The van der Waals surface area contributed by atoms with E-state index in [9.17, 15) is 34.8 Å². The highest BCUT2D eigenvalue weighted by molar-refractivity contribution is 7.99. The largest absolute Gasteiger partial charge is 0.501 e. The van der Waals surface area contributed by atoms with Gasteiger partial charge in [-0.05, 0) is 141 Å². The highest BCUT2D eigenvalue weighted by atomic mass is 32.2. The molecule has 66 heavy (non-hydrogen) atoms. The van der Waals surface area contributed by atoms with Crippen LogP contribution in [0.15, 0.2) is 112 Å². The predicted octanol–water partition coefficient (Wildman–Crippen LogP) is 8.43. The van der Waals surface area contributed by atoms with Gasteiger partial charge in [0.1, 0.15) is 4.90 Å². The molecule has 17 heteroatoms. The lowest BCUT2D eigenvalue weighted by molar-refractivity contribution is -0.0436. The lowest BCUT2D eigenvalue weighted by Gasteiger charge is -2.56. The average molecular weight is 965 g/mol. The number of sulfonamides is 1. The summed E-state index contributed by atoms with van der Waals surface area (Å²) in [5.41, 5.74) is -1.71. The molecule has 1 amide bonds. The summed E-state index contributed by atoms with van der Waals surface area (Å²) in [6.07, 6.45) is 10.1. The first-order valence-corrected chi connectivity index (χ1v) is 27.2. The van der Waals surface area contributed by atoms with E-state index in [0.717, 1.165) is 87.3 Å². The van der Waals surface area contributed by atoms with Crippen LogP contribution >= 0.6 is 11.8 Å². The number of likely N-dealkylation sites (tertiary alicyclic amines) is 1. The van der Waals surface area contributed by atoms with Crippen LogP contribution in [0.1, 0.15) is 91.2 Å². The number of carbonyl (C=O) groups excluding carboxylic acids is 1. The number of piperazine rings is 1.